The fraction of sp³-hybridized carbons (Fsp3) is 0.444. The molecular weight excluding hydrogens is 209 g/mol. The zero-order valence-corrected chi connectivity index (χ0v) is 8.08. The highest BCUT2D eigenvalue weighted by Gasteiger charge is 2.36. The zero-order chi connectivity index (χ0) is 11.5. The van der Waals surface area contributed by atoms with Crippen molar-refractivity contribution in [2.75, 3.05) is 5.73 Å². The molecule has 1 rings (SSSR count). The number of anilines is 1. The molecule has 6 heteroatoms. The molecule has 0 saturated carbocycles. The Morgan fingerprint density at radius 1 is 1.53 bits per heavy atom. The van der Waals surface area contributed by atoms with Crippen molar-refractivity contribution in [1.82, 2.24) is 4.98 Å². The van der Waals surface area contributed by atoms with Gasteiger partial charge in [0.25, 0.3) is 0 Å². The second kappa shape index (κ2) is 4.48. The number of aromatic nitrogens is 1. The minimum atomic E-state index is -4.35. The van der Waals surface area contributed by atoms with Gasteiger partial charge in [-0.15, -0.1) is 0 Å². The van der Waals surface area contributed by atoms with Gasteiger partial charge in [0.15, 0.2) is 6.10 Å². The van der Waals surface area contributed by atoms with E-state index in [0.29, 0.717) is 11.4 Å². The highest BCUT2D eigenvalue weighted by atomic mass is 19.4. The predicted octanol–water partition coefficient (Wildman–Crippen LogP) is 2.13. The molecule has 1 aromatic heterocycles. The number of nitrogens with two attached hydrogens (primary N) is 1. The zero-order valence-electron chi connectivity index (χ0n) is 8.08. The molecule has 84 valence electrons. The molecule has 1 unspecified atom stereocenters. The molecule has 1 atom stereocenters. The van der Waals surface area contributed by atoms with Gasteiger partial charge in [-0.05, 0) is 19.1 Å². The van der Waals surface area contributed by atoms with Crippen LogP contribution in [-0.2, 0) is 11.3 Å². The maximum absolute atomic E-state index is 12.1. The van der Waals surface area contributed by atoms with Crippen LogP contribution in [0, 0.1) is 0 Å². The van der Waals surface area contributed by atoms with Gasteiger partial charge in [-0.1, -0.05) is 0 Å². The van der Waals surface area contributed by atoms with Crippen LogP contribution in [0.5, 0.6) is 0 Å². The number of alkyl halides is 3. The minimum Gasteiger partial charge on any atom is -0.399 e. The van der Waals surface area contributed by atoms with Gasteiger partial charge in [0.2, 0.25) is 0 Å². The van der Waals surface area contributed by atoms with Crippen LogP contribution in [0.4, 0.5) is 18.9 Å². The van der Waals surface area contributed by atoms with E-state index in [1.165, 1.54) is 12.3 Å². The maximum Gasteiger partial charge on any atom is 0.414 e. The van der Waals surface area contributed by atoms with E-state index >= 15 is 0 Å². The first-order valence-electron chi connectivity index (χ1n) is 4.28. The number of nitrogens with zero attached hydrogens (tertiary/aromatic N) is 1. The standard InChI is InChI=1S/C9H11F3N2O/c1-6(9(10,11)12)15-5-8-4-7(13)2-3-14-8/h2-4,6H,5H2,1H3,(H2,13,14). The largest absolute Gasteiger partial charge is 0.414 e. The summed E-state index contributed by atoms with van der Waals surface area (Å²) >= 11 is 0. The molecular formula is C9H11F3N2O. The maximum atomic E-state index is 12.1. The lowest BCUT2D eigenvalue weighted by molar-refractivity contribution is -0.217. The number of halogens is 3. The van der Waals surface area contributed by atoms with Crippen molar-refractivity contribution in [1.29, 1.82) is 0 Å². The first kappa shape index (κ1) is 11.8. The van der Waals surface area contributed by atoms with Crippen molar-refractivity contribution >= 4 is 5.69 Å². The summed E-state index contributed by atoms with van der Waals surface area (Å²) in [7, 11) is 0. The summed E-state index contributed by atoms with van der Waals surface area (Å²) < 4.78 is 40.8. The van der Waals surface area contributed by atoms with Gasteiger partial charge in [-0.2, -0.15) is 13.2 Å². The van der Waals surface area contributed by atoms with Crippen LogP contribution in [0.25, 0.3) is 0 Å². The number of rotatable bonds is 3. The Bertz CT molecular complexity index is 327. The van der Waals surface area contributed by atoms with E-state index in [1.807, 2.05) is 0 Å². The predicted molar refractivity (Wildman–Crippen MR) is 49.0 cm³/mol. The van der Waals surface area contributed by atoms with Gasteiger partial charge in [-0.25, -0.2) is 0 Å². The van der Waals surface area contributed by atoms with Crippen LogP contribution in [0.15, 0.2) is 18.3 Å². The number of pyridine rings is 1. The molecule has 0 amide bonds. The fourth-order valence-corrected chi connectivity index (χ4v) is 0.881. The normalized spacial score (nSPS) is 13.9. The fourth-order valence-electron chi connectivity index (χ4n) is 0.881. The quantitative estimate of drug-likeness (QED) is 0.848. The second-order valence-corrected chi connectivity index (χ2v) is 3.08. The van der Waals surface area contributed by atoms with Crippen LogP contribution in [0.1, 0.15) is 12.6 Å². The Labute approximate surface area is 85.1 Å². The van der Waals surface area contributed by atoms with E-state index in [2.05, 4.69) is 9.72 Å². The van der Waals surface area contributed by atoms with Crippen LogP contribution in [0.2, 0.25) is 0 Å². The molecule has 0 saturated heterocycles. The van der Waals surface area contributed by atoms with Gasteiger partial charge in [-0.3, -0.25) is 4.98 Å². The average molecular weight is 220 g/mol. The van der Waals surface area contributed by atoms with E-state index < -0.39 is 12.3 Å². The molecule has 1 aromatic rings. The summed E-state index contributed by atoms with van der Waals surface area (Å²) in [6.07, 6.45) is -4.73. The Hall–Kier alpha value is -1.30. The summed E-state index contributed by atoms with van der Waals surface area (Å²) in [6, 6.07) is 3.03. The first-order chi connectivity index (χ1) is 6.89. The van der Waals surface area contributed by atoms with Gasteiger partial charge in [0, 0.05) is 11.9 Å². The number of ether oxygens (including phenoxy) is 1. The Kier molecular flexibility index (Phi) is 3.52. The van der Waals surface area contributed by atoms with E-state index in [9.17, 15) is 13.2 Å². The van der Waals surface area contributed by atoms with Crippen molar-refractivity contribution in [2.24, 2.45) is 0 Å². The molecule has 0 radical (unpaired) electrons. The first-order valence-corrected chi connectivity index (χ1v) is 4.28. The molecule has 3 nitrogen and oxygen atoms in total. The lowest BCUT2D eigenvalue weighted by Crippen LogP contribution is -2.28. The van der Waals surface area contributed by atoms with E-state index in [1.54, 1.807) is 6.07 Å². The SMILES string of the molecule is CC(OCc1cc(N)ccn1)C(F)(F)F. The van der Waals surface area contributed by atoms with Crippen LogP contribution >= 0.6 is 0 Å². The topological polar surface area (TPSA) is 48.1 Å². The monoisotopic (exact) mass is 220 g/mol. The summed E-state index contributed by atoms with van der Waals surface area (Å²) in [5, 5.41) is 0. The van der Waals surface area contributed by atoms with Crippen LogP contribution in [-0.4, -0.2) is 17.3 Å². The highest BCUT2D eigenvalue weighted by Crippen LogP contribution is 2.23. The van der Waals surface area contributed by atoms with Crippen molar-refractivity contribution in [2.45, 2.75) is 25.8 Å². The lowest BCUT2D eigenvalue weighted by atomic mass is 10.3. The third kappa shape index (κ3) is 3.75. The molecule has 0 aliphatic carbocycles. The Balaban J connectivity index is 2.51. The molecule has 2 N–H and O–H groups in total. The molecule has 0 aliphatic rings. The molecule has 0 spiro atoms. The molecule has 0 aliphatic heterocycles. The smallest absolute Gasteiger partial charge is 0.399 e. The van der Waals surface area contributed by atoms with E-state index in [0.717, 1.165) is 6.92 Å². The molecule has 0 bridgehead atoms. The summed E-state index contributed by atoms with van der Waals surface area (Å²) in [6.45, 7) is 0.748. The second-order valence-electron chi connectivity index (χ2n) is 3.08. The molecule has 0 aromatic carbocycles. The summed E-state index contributed by atoms with van der Waals surface area (Å²) in [4.78, 5) is 3.82. The van der Waals surface area contributed by atoms with Gasteiger partial charge >= 0.3 is 6.18 Å². The molecule has 0 fully saturated rings. The van der Waals surface area contributed by atoms with Gasteiger partial charge in [0.05, 0.1) is 12.3 Å². The van der Waals surface area contributed by atoms with Crippen molar-refractivity contribution < 1.29 is 17.9 Å². The average Bonchev–Trinajstić information content (AvgIpc) is 2.12. The Morgan fingerprint density at radius 2 is 2.20 bits per heavy atom. The van der Waals surface area contributed by atoms with Gasteiger partial charge < -0.3 is 10.5 Å². The third-order valence-electron chi connectivity index (χ3n) is 1.78. The van der Waals surface area contributed by atoms with Crippen molar-refractivity contribution in [3.63, 3.8) is 0 Å². The highest BCUT2D eigenvalue weighted by molar-refractivity contribution is 5.36. The molecule has 1 heterocycles. The van der Waals surface area contributed by atoms with Gasteiger partial charge in [0.1, 0.15) is 0 Å². The molecule has 15 heavy (non-hydrogen) atoms. The van der Waals surface area contributed by atoms with Crippen molar-refractivity contribution in [3.8, 4) is 0 Å². The number of hydrogen-bond donors (Lipinski definition) is 1. The summed E-state index contributed by atoms with van der Waals surface area (Å²) in [5.41, 5.74) is 6.26. The lowest BCUT2D eigenvalue weighted by Gasteiger charge is -2.15. The van der Waals surface area contributed by atoms with Crippen LogP contribution < -0.4 is 5.73 Å². The third-order valence-corrected chi connectivity index (χ3v) is 1.78. The number of nitrogen functional groups attached to an aromatic ring is 1. The summed E-state index contributed by atoms with van der Waals surface area (Å²) in [5.74, 6) is 0. The van der Waals surface area contributed by atoms with E-state index in [-0.39, 0.29) is 6.61 Å². The Morgan fingerprint density at radius 3 is 2.73 bits per heavy atom. The van der Waals surface area contributed by atoms with Crippen LogP contribution in [0.3, 0.4) is 0 Å². The minimum absolute atomic E-state index is 0.203. The number of hydrogen-bond acceptors (Lipinski definition) is 3. The van der Waals surface area contributed by atoms with Crippen molar-refractivity contribution in [3.05, 3.63) is 24.0 Å². The van der Waals surface area contributed by atoms with E-state index in [4.69, 9.17) is 5.73 Å².